The summed E-state index contributed by atoms with van der Waals surface area (Å²) in [7, 11) is 1.81. The topological polar surface area (TPSA) is 58.1 Å². The third-order valence-corrected chi connectivity index (χ3v) is 4.81. The number of nitrogens with zero attached hydrogens (tertiary/aromatic N) is 2. The van der Waals surface area contributed by atoms with Gasteiger partial charge in [-0.25, -0.2) is 0 Å². The molecule has 0 aromatic heterocycles. The summed E-state index contributed by atoms with van der Waals surface area (Å²) in [4.78, 5) is 6.83. The summed E-state index contributed by atoms with van der Waals surface area (Å²) < 4.78 is 11.0. The molecular formula is C20H35IN4O2. The molecule has 1 saturated heterocycles. The Labute approximate surface area is 181 Å². The fraction of sp³-hybridized carbons (Fsp3) is 0.650. The highest BCUT2D eigenvalue weighted by atomic mass is 127. The zero-order chi connectivity index (χ0) is 18.8. The van der Waals surface area contributed by atoms with Crippen LogP contribution in [0, 0.1) is 0 Å². The minimum atomic E-state index is 0. The fourth-order valence-electron chi connectivity index (χ4n) is 3.06. The summed E-state index contributed by atoms with van der Waals surface area (Å²) in [6.07, 6.45) is 0. The first-order valence-electron chi connectivity index (χ1n) is 9.48. The third-order valence-electron chi connectivity index (χ3n) is 4.81. The number of nitrogens with one attached hydrogen (secondary N) is 2. The van der Waals surface area contributed by atoms with Gasteiger partial charge in [0.05, 0.1) is 19.8 Å². The molecular weight excluding hydrogens is 455 g/mol. The average molecular weight is 490 g/mol. The van der Waals surface area contributed by atoms with Gasteiger partial charge in [0, 0.05) is 45.4 Å². The molecule has 0 amide bonds. The molecule has 0 unspecified atom stereocenters. The van der Waals surface area contributed by atoms with Crippen LogP contribution in [0.4, 0.5) is 0 Å². The van der Waals surface area contributed by atoms with Crippen molar-refractivity contribution in [3.05, 3.63) is 35.4 Å². The van der Waals surface area contributed by atoms with Gasteiger partial charge in [-0.15, -0.1) is 24.0 Å². The number of hydrogen-bond donors (Lipinski definition) is 2. The molecule has 1 aromatic rings. The number of rotatable bonds is 8. The molecule has 27 heavy (non-hydrogen) atoms. The SMILES string of the molecule is CCOCc1ccccc1CNC(=NC)NCC(C)(C)N1CCOCC1.I. The van der Waals surface area contributed by atoms with Crippen LogP contribution in [-0.4, -0.2) is 62.9 Å². The Kier molecular flexibility index (Phi) is 11.2. The normalized spacial score (nSPS) is 15.9. The quantitative estimate of drug-likeness (QED) is 0.334. The van der Waals surface area contributed by atoms with Crippen LogP contribution in [0.1, 0.15) is 31.9 Å². The predicted octanol–water partition coefficient (Wildman–Crippen LogP) is 2.62. The minimum absolute atomic E-state index is 0. The monoisotopic (exact) mass is 490 g/mol. The van der Waals surface area contributed by atoms with Gasteiger partial charge in [0.1, 0.15) is 0 Å². The van der Waals surface area contributed by atoms with Gasteiger partial charge in [-0.2, -0.15) is 0 Å². The lowest BCUT2D eigenvalue weighted by atomic mass is 10.0. The summed E-state index contributed by atoms with van der Waals surface area (Å²) in [6, 6.07) is 8.36. The van der Waals surface area contributed by atoms with E-state index in [1.165, 1.54) is 11.1 Å². The Bertz CT molecular complexity index is 575. The van der Waals surface area contributed by atoms with Gasteiger partial charge < -0.3 is 20.1 Å². The van der Waals surface area contributed by atoms with E-state index in [9.17, 15) is 0 Å². The Hall–Kier alpha value is -0.900. The van der Waals surface area contributed by atoms with Crippen LogP contribution >= 0.6 is 24.0 Å². The number of benzene rings is 1. The molecule has 2 N–H and O–H groups in total. The van der Waals surface area contributed by atoms with Crippen LogP contribution in [0.25, 0.3) is 0 Å². The van der Waals surface area contributed by atoms with Crippen molar-refractivity contribution in [3.8, 4) is 0 Å². The number of hydrogen-bond acceptors (Lipinski definition) is 4. The molecule has 0 bridgehead atoms. The summed E-state index contributed by atoms with van der Waals surface area (Å²) in [5.41, 5.74) is 2.50. The van der Waals surface area contributed by atoms with E-state index in [0.717, 1.165) is 52.0 Å². The predicted molar refractivity (Wildman–Crippen MR) is 122 cm³/mol. The highest BCUT2D eigenvalue weighted by Crippen LogP contribution is 2.15. The lowest BCUT2D eigenvalue weighted by molar-refractivity contribution is -0.00834. The van der Waals surface area contributed by atoms with Crippen LogP contribution in [-0.2, 0) is 22.6 Å². The van der Waals surface area contributed by atoms with E-state index >= 15 is 0 Å². The molecule has 0 spiro atoms. The molecule has 0 aliphatic carbocycles. The van der Waals surface area contributed by atoms with Crippen LogP contribution in [0.15, 0.2) is 29.3 Å². The van der Waals surface area contributed by atoms with E-state index in [-0.39, 0.29) is 29.5 Å². The second kappa shape index (κ2) is 12.5. The second-order valence-electron chi connectivity index (χ2n) is 7.10. The molecule has 1 heterocycles. The van der Waals surface area contributed by atoms with Gasteiger partial charge in [0.2, 0.25) is 0 Å². The Morgan fingerprint density at radius 2 is 1.85 bits per heavy atom. The number of halogens is 1. The summed E-state index contributed by atoms with van der Waals surface area (Å²) in [5, 5.41) is 6.88. The van der Waals surface area contributed by atoms with Crippen molar-refractivity contribution in [1.29, 1.82) is 0 Å². The molecule has 154 valence electrons. The Morgan fingerprint density at radius 3 is 2.48 bits per heavy atom. The van der Waals surface area contributed by atoms with Gasteiger partial charge in [-0.05, 0) is 31.9 Å². The Morgan fingerprint density at radius 1 is 1.19 bits per heavy atom. The van der Waals surface area contributed by atoms with E-state index < -0.39 is 0 Å². The maximum atomic E-state index is 5.56. The van der Waals surface area contributed by atoms with Crippen molar-refractivity contribution in [3.63, 3.8) is 0 Å². The summed E-state index contributed by atoms with van der Waals surface area (Å²) in [5.74, 6) is 0.817. The van der Waals surface area contributed by atoms with Crippen LogP contribution < -0.4 is 10.6 Å². The number of morpholine rings is 1. The van der Waals surface area contributed by atoms with Gasteiger partial charge in [-0.1, -0.05) is 24.3 Å². The molecule has 0 saturated carbocycles. The maximum Gasteiger partial charge on any atom is 0.191 e. The van der Waals surface area contributed by atoms with Crippen molar-refractivity contribution in [1.82, 2.24) is 15.5 Å². The van der Waals surface area contributed by atoms with E-state index in [1.807, 2.05) is 14.0 Å². The lowest BCUT2D eigenvalue weighted by Gasteiger charge is -2.41. The molecule has 7 heteroatoms. The molecule has 2 rings (SSSR count). The molecule has 1 aromatic carbocycles. The minimum Gasteiger partial charge on any atom is -0.379 e. The van der Waals surface area contributed by atoms with Gasteiger partial charge in [0.15, 0.2) is 5.96 Å². The van der Waals surface area contributed by atoms with E-state index in [2.05, 4.69) is 58.6 Å². The molecule has 1 aliphatic rings. The smallest absolute Gasteiger partial charge is 0.191 e. The third kappa shape index (κ3) is 7.93. The first kappa shape index (κ1) is 24.1. The van der Waals surface area contributed by atoms with E-state index in [1.54, 1.807) is 0 Å². The van der Waals surface area contributed by atoms with Gasteiger partial charge >= 0.3 is 0 Å². The van der Waals surface area contributed by atoms with Crippen molar-refractivity contribution >= 4 is 29.9 Å². The number of ether oxygens (including phenoxy) is 2. The van der Waals surface area contributed by atoms with Crippen LogP contribution in [0.2, 0.25) is 0 Å². The van der Waals surface area contributed by atoms with Gasteiger partial charge in [0.25, 0.3) is 0 Å². The van der Waals surface area contributed by atoms with Crippen molar-refractivity contribution < 1.29 is 9.47 Å². The zero-order valence-electron chi connectivity index (χ0n) is 17.1. The summed E-state index contributed by atoms with van der Waals surface area (Å²) in [6.45, 7) is 13.0. The highest BCUT2D eigenvalue weighted by Gasteiger charge is 2.28. The van der Waals surface area contributed by atoms with Gasteiger partial charge in [-0.3, -0.25) is 9.89 Å². The first-order chi connectivity index (χ1) is 12.6. The first-order valence-corrected chi connectivity index (χ1v) is 9.48. The van der Waals surface area contributed by atoms with Crippen molar-refractivity contribution in [2.75, 3.05) is 46.5 Å². The van der Waals surface area contributed by atoms with Crippen LogP contribution in [0.3, 0.4) is 0 Å². The van der Waals surface area contributed by atoms with Crippen LogP contribution in [0.5, 0.6) is 0 Å². The standard InChI is InChI=1S/C20H34N4O2.HI/c1-5-25-15-18-9-7-6-8-17(18)14-22-19(21-4)23-16-20(2,3)24-10-12-26-13-11-24;/h6-9H,5,10-16H2,1-4H3,(H2,21,22,23);1H. The zero-order valence-corrected chi connectivity index (χ0v) is 19.4. The number of guanidine groups is 1. The summed E-state index contributed by atoms with van der Waals surface area (Å²) >= 11 is 0. The molecule has 0 radical (unpaired) electrons. The lowest BCUT2D eigenvalue weighted by Crippen LogP contribution is -2.56. The van der Waals surface area contributed by atoms with Crippen molar-refractivity contribution in [2.24, 2.45) is 4.99 Å². The second-order valence-corrected chi connectivity index (χ2v) is 7.10. The maximum absolute atomic E-state index is 5.56. The fourth-order valence-corrected chi connectivity index (χ4v) is 3.06. The van der Waals surface area contributed by atoms with E-state index in [4.69, 9.17) is 9.47 Å². The van der Waals surface area contributed by atoms with E-state index in [0.29, 0.717) is 6.61 Å². The average Bonchev–Trinajstić information content (AvgIpc) is 2.68. The highest BCUT2D eigenvalue weighted by molar-refractivity contribution is 14.0. The van der Waals surface area contributed by atoms with Crippen molar-refractivity contribution in [2.45, 2.75) is 39.5 Å². The molecule has 0 atom stereocenters. The number of aliphatic imine (C=N–C) groups is 1. The molecule has 6 nitrogen and oxygen atoms in total. The Balaban J connectivity index is 0.00000364. The largest absolute Gasteiger partial charge is 0.379 e. The molecule has 1 fully saturated rings. The molecule has 1 aliphatic heterocycles.